The average Bonchev–Trinajstić information content (AvgIpc) is 2.41. The highest BCUT2D eigenvalue weighted by Crippen LogP contribution is 2.22. The smallest absolute Gasteiger partial charge is 0.0128 e. The van der Waals surface area contributed by atoms with Crippen LogP contribution in [0.1, 0.15) is 11.1 Å². The SMILES string of the molecule is CSc1c(C)cccc1C.CSc1ccccc1. The largest absolute Gasteiger partial charge is 0.130 e. The Kier molecular flexibility index (Phi) is 6.99. The third kappa shape index (κ3) is 4.79. The molecule has 0 aromatic heterocycles. The normalized spacial score (nSPS) is 9.56. The maximum absolute atomic E-state index is 2.15. The van der Waals surface area contributed by atoms with Crippen LogP contribution in [0.25, 0.3) is 0 Å². The van der Waals surface area contributed by atoms with E-state index >= 15 is 0 Å². The van der Waals surface area contributed by atoms with Crippen LogP contribution < -0.4 is 0 Å². The van der Waals surface area contributed by atoms with Crippen LogP contribution in [-0.4, -0.2) is 12.5 Å². The van der Waals surface area contributed by atoms with Gasteiger partial charge in [-0.05, 0) is 49.6 Å². The van der Waals surface area contributed by atoms with Gasteiger partial charge in [-0.1, -0.05) is 36.4 Å². The molecule has 0 radical (unpaired) electrons. The molecule has 0 aliphatic carbocycles. The summed E-state index contributed by atoms with van der Waals surface area (Å²) in [6, 6.07) is 16.7. The Labute approximate surface area is 119 Å². The fourth-order valence-electron chi connectivity index (χ4n) is 1.68. The van der Waals surface area contributed by atoms with Crippen molar-refractivity contribution in [2.45, 2.75) is 23.6 Å². The molecule has 0 saturated heterocycles. The van der Waals surface area contributed by atoms with Crippen molar-refractivity contribution in [3.8, 4) is 0 Å². The van der Waals surface area contributed by atoms with Crippen LogP contribution in [-0.2, 0) is 0 Å². The van der Waals surface area contributed by atoms with Crippen LogP contribution in [0.2, 0.25) is 0 Å². The van der Waals surface area contributed by atoms with Crippen LogP contribution in [0.5, 0.6) is 0 Å². The quantitative estimate of drug-likeness (QED) is 0.670. The molecule has 2 heteroatoms. The Morgan fingerprint density at radius 1 is 0.667 bits per heavy atom. The van der Waals surface area contributed by atoms with E-state index < -0.39 is 0 Å². The van der Waals surface area contributed by atoms with Crippen molar-refractivity contribution in [2.75, 3.05) is 12.5 Å². The number of thioether (sulfide) groups is 2. The minimum absolute atomic E-state index is 1.33. The first-order chi connectivity index (χ1) is 8.69. The van der Waals surface area contributed by atoms with E-state index in [0.29, 0.717) is 0 Å². The Hall–Kier alpha value is -0.860. The van der Waals surface area contributed by atoms with Gasteiger partial charge in [0.25, 0.3) is 0 Å². The first-order valence-corrected chi connectivity index (χ1v) is 8.33. The first-order valence-electron chi connectivity index (χ1n) is 5.88. The van der Waals surface area contributed by atoms with Crippen molar-refractivity contribution in [1.82, 2.24) is 0 Å². The minimum Gasteiger partial charge on any atom is -0.130 e. The molecule has 18 heavy (non-hydrogen) atoms. The summed E-state index contributed by atoms with van der Waals surface area (Å²) >= 11 is 3.59. The third-order valence-electron chi connectivity index (χ3n) is 2.59. The van der Waals surface area contributed by atoms with Crippen molar-refractivity contribution in [3.63, 3.8) is 0 Å². The van der Waals surface area contributed by atoms with Gasteiger partial charge in [0.15, 0.2) is 0 Å². The molecule has 0 saturated carbocycles. The van der Waals surface area contributed by atoms with E-state index in [1.807, 2.05) is 30.0 Å². The fraction of sp³-hybridized carbons (Fsp3) is 0.250. The first kappa shape index (κ1) is 15.2. The van der Waals surface area contributed by atoms with E-state index in [2.05, 4.69) is 56.7 Å². The highest BCUT2D eigenvalue weighted by Gasteiger charge is 1.97. The Morgan fingerprint density at radius 3 is 1.56 bits per heavy atom. The Morgan fingerprint density at radius 2 is 1.22 bits per heavy atom. The second-order valence-electron chi connectivity index (χ2n) is 3.94. The molecule has 0 unspecified atom stereocenters. The molecule has 0 N–H and O–H groups in total. The molecule has 2 aromatic carbocycles. The van der Waals surface area contributed by atoms with Crippen molar-refractivity contribution in [1.29, 1.82) is 0 Å². The summed E-state index contributed by atoms with van der Waals surface area (Å²) in [5.41, 5.74) is 2.76. The molecule has 0 nitrogen and oxygen atoms in total. The van der Waals surface area contributed by atoms with Crippen LogP contribution in [0.3, 0.4) is 0 Å². The van der Waals surface area contributed by atoms with Crippen molar-refractivity contribution in [3.05, 3.63) is 59.7 Å². The lowest BCUT2D eigenvalue weighted by atomic mass is 10.2. The van der Waals surface area contributed by atoms with E-state index in [9.17, 15) is 0 Å². The molecule has 2 aromatic rings. The topological polar surface area (TPSA) is 0 Å². The molecule has 0 bridgehead atoms. The van der Waals surface area contributed by atoms with E-state index in [-0.39, 0.29) is 0 Å². The third-order valence-corrected chi connectivity index (χ3v) is 4.39. The molecule has 0 amide bonds. The van der Waals surface area contributed by atoms with Gasteiger partial charge in [-0.3, -0.25) is 0 Å². The molecule has 0 aliphatic heterocycles. The van der Waals surface area contributed by atoms with Gasteiger partial charge in [-0.15, -0.1) is 23.5 Å². The molecule has 0 fully saturated rings. The second-order valence-corrected chi connectivity index (χ2v) is 5.64. The van der Waals surface area contributed by atoms with Gasteiger partial charge in [0.05, 0.1) is 0 Å². The predicted octanol–water partition coefficient (Wildman–Crippen LogP) is 5.43. The summed E-state index contributed by atoms with van der Waals surface area (Å²) < 4.78 is 0. The van der Waals surface area contributed by atoms with Crippen molar-refractivity contribution in [2.24, 2.45) is 0 Å². The summed E-state index contributed by atoms with van der Waals surface area (Å²) in [5, 5.41) is 0. The van der Waals surface area contributed by atoms with E-state index in [4.69, 9.17) is 0 Å². The number of benzene rings is 2. The zero-order chi connectivity index (χ0) is 13.4. The summed E-state index contributed by atoms with van der Waals surface area (Å²) in [5.74, 6) is 0. The van der Waals surface area contributed by atoms with Gasteiger partial charge in [0.2, 0.25) is 0 Å². The van der Waals surface area contributed by atoms with Crippen molar-refractivity contribution < 1.29 is 0 Å². The maximum atomic E-state index is 2.15. The molecular formula is C16H20S2. The van der Waals surface area contributed by atoms with Crippen molar-refractivity contribution >= 4 is 23.5 Å². The van der Waals surface area contributed by atoms with Crippen LogP contribution in [0.4, 0.5) is 0 Å². The van der Waals surface area contributed by atoms with Crippen LogP contribution in [0.15, 0.2) is 58.3 Å². The Balaban J connectivity index is 0.000000184. The number of rotatable bonds is 2. The lowest BCUT2D eigenvalue weighted by molar-refractivity contribution is 1.22. The fourth-order valence-corrected chi connectivity index (χ4v) is 2.89. The molecular weight excluding hydrogens is 256 g/mol. The number of aryl methyl sites for hydroxylation is 2. The molecule has 0 aliphatic rings. The van der Waals surface area contributed by atoms with E-state index in [0.717, 1.165) is 0 Å². The highest BCUT2D eigenvalue weighted by molar-refractivity contribution is 7.98. The molecule has 96 valence electrons. The van der Waals surface area contributed by atoms with Gasteiger partial charge < -0.3 is 0 Å². The molecule has 0 atom stereocenters. The summed E-state index contributed by atoms with van der Waals surface area (Å²) in [7, 11) is 0. The summed E-state index contributed by atoms with van der Waals surface area (Å²) in [6.07, 6.45) is 4.20. The number of hydrogen-bond donors (Lipinski definition) is 0. The van der Waals surface area contributed by atoms with Crippen LogP contribution in [0, 0.1) is 13.8 Å². The number of hydrogen-bond acceptors (Lipinski definition) is 2. The van der Waals surface area contributed by atoms with Gasteiger partial charge in [-0.25, -0.2) is 0 Å². The average molecular weight is 276 g/mol. The highest BCUT2D eigenvalue weighted by atomic mass is 32.2. The predicted molar refractivity (Wildman–Crippen MR) is 85.9 cm³/mol. The Bertz CT molecular complexity index is 444. The van der Waals surface area contributed by atoms with Gasteiger partial charge in [0, 0.05) is 9.79 Å². The second kappa shape index (κ2) is 8.28. The summed E-state index contributed by atoms with van der Waals surface area (Å²) in [6.45, 7) is 4.30. The monoisotopic (exact) mass is 276 g/mol. The molecule has 0 heterocycles. The van der Waals surface area contributed by atoms with Gasteiger partial charge >= 0.3 is 0 Å². The lowest BCUT2D eigenvalue weighted by Gasteiger charge is -2.04. The maximum Gasteiger partial charge on any atom is 0.0128 e. The summed E-state index contributed by atoms with van der Waals surface area (Å²) in [4.78, 5) is 2.75. The minimum atomic E-state index is 1.33. The van der Waals surface area contributed by atoms with E-state index in [1.165, 1.54) is 20.9 Å². The van der Waals surface area contributed by atoms with E-state index in [1.54, 1.807) is 11.8 Å². The lowest BCUT2D eigenvalue weighted by Crippen LogP contribution is -1.81. The molecule has 0 spiro atoms. The van der Waals surface area contributed by atoms with Gasteiger partial charge in [0.1, 0.15) is 0 Å². The molecule has 2 rings (SSSR count). The van der Waals surface area contributed by atoms with Gasteiger partial charge in [-0.2, -0.15) is 0 Å². The zero-order valence-corrected chi connectivity index (χ0v) is 13.1. The zero-order valence-electron chi connectivity index (χ0n) is 11.4. The standard InChI is InChI=1S/C9H12S.C7H8S/c1-7-5-4-6-8(2)9(7)10-3;1-8-7-5-3-2-4-6-7/h4-6H,1-3H3;2-6H,1H3. The van der Waals surface area contributed by atoms with Crippen LogP contribution >= 0.6 is 23.5 Å².